The number of nitrogens with zero attached hydrogens (tertiary/aromatic N) is 3. The Morgan fingerprint density at radius 3 is 2.74 bits per heavy atom. The van der Waals surface area contributed by atoms with Gasteiger partial charge in [-0.15, -0.1) is 0 Å². The zero-order chi connectivity index (χ0) is 21.2. The summed E-state index contributed by atoms with van der Waals surface area (Å²) < 4.78 is 7.58. The van der Waals surface area contributed by atoms with Crippen LogP contribution in [-0.2, 0) is 18.4 Å². The third kappa shape index (κ3) is 4.11. The molecule has 0 spiro atoms. The third-order valence-corrected chi connectivity index (χ3v) is 6.08. The molecule has 2 aromatic heterocycles. The molecule has 1 saturated heterocycles. The van der Waals surface area contributed by atoms with Gasteiger partial charge in [-0.05, 0) is 67.9 Å². The van der Waals surface area contributed by atoms with Gasteiger partial charge < -0.3 is 14.3 Å². The van der Waals surface area contributed by atoms with E-state index in [0.717, 1.165) is 66.3 Å². The van der Waals surface area contributed by atoms with E-state index in [1.807, 2.05) is 54.6 Å². The number of carbonyl (C=O) groups excluding carboxylic acids is 1. The van der Waals surface area contributed by atoms with E-state index < -0.39 is 0 Å². The summed E-state index contributed by atoms with van der Waals surface area (Å²) >= 11 is 0. The van der Waals surface area contributed by atoms with Crippen LogP contribution in [0, 0.1) is 5.92 Å². The van der Waals surface area contributed by atoms with Crippen LogP contribution in [0.25, 0.3) is 22.4 Å². The molecule has 31 heavy (non-hydrogen) atoms. The number of benzene rings is 2. The van der Waals surface area contributed by atoms with Crippen molar-refractivity contribution < 1.29 is 9.21 Å². The highest BCUT2D eigenvalue weighted by atomic mass is 16.3. The number of carbonyl (C=O) groups is 1. The number of imidazole rings is 1. The molecule has 1 unspecified atom stereocenters. The third-order valence-electron chi connectivity index (χ3n) is 6.08. The Balaban J connectivity index is 1.22. The van der Waals surface area contributed by atoms with Gasteiger partial charge in [0.25, 0.3) is 0 Å². The van der Waals surface area contributed by atoms with E-state index in [4.69, 9.17) is 9.40 Å². The lowest BCUT2D eigenvalue weighted by molar-refractivity contribution is -0.121. The fourth-order valence-electron chi connectivity index (χ4n) is 4.35. The minimum Gasteiger partial charge on any atom is -0.464 e. The fourth-order valence-corrected chi connectivity index (χ4v) is 4.35. The first-order chi connectivity index (χ1) is 15.2. The normalized spacial score (nSPS) is 17.1. The molecule has 1 aliphatic heterocycles. The molecule has 158 valence electrons. The minimum atomic E-state index is -0.0202. The van der Waals surface area contributed by atoms with Crippen molar-refractivity contribution in [2.24, 2.45) is 13.0 Å². The van der Waals surface area contributed by atoms with Gasteiger partial charge in [-0.25, -0.2) is 4.98 Å². The second-order valence-corrected chi connectivity index (χ2v) is 8.19. The van der Waals surface area contributed by atoms with E-state index in [0.29, 0.717) is 0 Å². The number of anilines is 1. The number of aryl methyl sites for hydroxylation is 1. The zero-order valence-electron chi connectivity index (χ0n) is 17.6. The van der Waals surface area contributed by atoms with Crippen LogP contribution < -0.4 is 5.32 Å². The van der Waals surface area contributed by atoms with Crippen molar-refractivity contribution in [1.29, 1.82) is 0 Å². The molecule has 1 N–H and O–H groups in total. The molecule has 1 atom stereocenters. The summed E-state index contributed by atoms with van der Waals surface area (Å²) in [6.07, 6.45) is 3.59. The maximum absolute atomic E-state index is 12.9. The summed E-state index contributed by atoms with van der Waals surface area (Å²) in [7, 11) is 2.06. The highest BCUT2D eigenvalue weighted by Crippen LogP contribution is 2.24. The second-order valence-electron chi connectivity index (χ2n) is 8.19. The highest BCUT2D eigenvalue weighted by molar-refractivity contribution is 5.93. The Morgan fingerprint density at radius 2 is 1.97 bits per heavy atom. The molecule has 1 aliphatic rings. The van der Waals surface area contributed by atoms with Gasteiger partial charge in [0.1, 0.15) is 11.6 Å². The number of piperidine rings is 1. The predicted octanol–water partition coefficient (Wildman–Crippen LogP) is 4.68. The molecular weight excluding hydrogens is 388 g/mol. The molecular formula is C25H26N4O2. The Labute approximate surface area is 181 Å². The first kappa shape index (κ1) is 19.6. The van der Waals surface area contributed by atoms with Crippen molar-refractivity contribution in [2.75, 3.05) is 18.4 Å². The van der Waals surface area contributed by atoms with Crippen molar-refractivity contribution in [3.8, 4) is 11.3 Å². The molecule has 6 heteroatoms. The van der Waals surface area contributed by atoms with Crippen molar-refractivity contribution in [2.45, 2.75) is 19.4 Å². The van der Waals surface area contributed by atoms with Gasteiger partial charge in [0, 0.05) is 24.8 Å². The second kappa shape index (κ2) is 8.40. The number of fused-ring (bicyclic) bond motifs is 1. The van der Waals surface area contributed by atoms with Crippen molar-refractivity contribution in [1.82, 2.24) is 14.5 Å². The number of rotatable bonds is 5. The van der Waals surface area contributed by atoms with E-state index in [1.54, 1.807) is 6.26 Å². The Hall–Kier alpha value is -3.38. The number of aromatic nitrogens is 2. The molecule has 1 fully saturated rings. The number of hydrogen-bond acceptors (Lipinski definition) is 4. The zero-order valence-corrected chi connectivity index (χ0v) is 17.6. The van der Waals surface area contributed by atoms with Gasteiger partial charge in [-0.2, -0.15) is 0 Å². The van der Waals surface area contributed by atoms with E-state index in [9.17, 15) is 4.79 Å². The number of amides is 1. The molecule has 6 nitrogen and oxygen atoms in total. The maximum Gasteiger partial charge on any atom is 0.228 e. The summed E-state index contributed by atoms with van der Waals surface area (Å²) in [6.45, 7) is 2.50. The van der Waals surface area contributed by atoms with Gasteiger partial charge in [-0.1, -0.05) is 12.1 Å². The van der Waals surface area contributed by atoms with Crippen LogP contribution in [0.2, 0.25) is 0 Å². The number of nitrogens with one attached hydrogen (secondary N) is 1. The van der Waals surface area contributed by atoms with Crippen LogP contribution in [0.15, 0.2) is 71.3 Å². The van der Waals surface area contributed by atoms with Crippen LogP contribution in [0.5, 0.6) is 0 Å². The summed E-state index contributed by atoms with van der Waals surface area (Å²) in [6, 6.07) is 19.8. The van der Waals surface area contributed by atoms with Gasteiger partial charge >= 0.3 is 0 Å². The Kier molecular flexibility index (Phi) is 5.30. The molecule has 0 radical (unpaired) electrons. The topological polar surface area (TPSA) is 63.3 Å². The lowest BCUT2D eigenvalue weighted by atomic mass is 9.97. The largest absolute Gasteiger partial charge is 0.464 e. The van der Waals surface area contributed by atoms with Gasteiger partial charge in [0.15, 0.2) is 0 Å². The minimum absolute atomic E-state index is 0.0202. The Morgan fingerprint density at radius 1 is 1.13 bits per heavy atom. The summed E-state index contributed by atoms with van der Waals surface area (Å²) in [5.74, 6) is 1.92. The van der Waals surface area contributed by atoms with Crippen LogP contribution in [0.3, 0.4) is 0 Å². The van der Waals surface area contributed by atoms with E-state index >= 15 is 0 Å². The van der Waals surface area contributed by atoms with Crippen molar-refractivity contribution in [3.05, 3.63) is 72.8 Å². The van der Waals surface area contributed by atoms with Crippen LogP contribution >= 0.6 is 0 Å². The van der Waals surface area contributed by atoms with Crippen LogP contribution in [-0.4, -0.2) is 33.4 Å². The van der Waals surface area contributed by atoms with Gasteiger partial charge in [-0.3, -0.25) is 9.69 Å². The average Bonchev–Trinajstić information content (AvgIpc) is 3.44. The average molecular weight is 415 g/mol. The number of hydrogen-bond donors (Lipinski definition) is 1. The van der Waals surface area contributed by atoms with Crippen LogP contribution in [0.1, 0.15) is 18.7 Å². The molecule has 3 heterocycles. The van der Waals surface area contributed by atoms with Gasteiger partial charge in [0.2, 0.25) is 5.91 Å². The maximum atomic E-state index is 12.9. The first-order valence-corrected chi connectivity index (χ1v) is 10.7. The van der Waals surface area contributed by atoms with E-state index in [-0.39, 0.29) is 11.8 Å². The lowest BCUT2D eigenvalue weighted by Crippen LogP contribution is -2.40. The van der Waals surface area contributed by atoms with Crippen molar-refractivity contribution in [3.63, 3.8) is 0 Å². The standard InChI is InChI=1S/C25H26N4O2/c1-28-22-8-3-2-7-21(22)27-24(28)17-29-14-4-6-19(16-29)25(30)26-20-12-10-18(11-13-20)23-9-5-15-31-23/h2-3,5,7-13,15,19H,4,6,14,16-17H2,1H3,(H,26,30). The quantitative estimate of drug-likeness (QED) is 0.515. The number of para-hydroxylation sites is 2. The summed E-state index contributed by atoms with van der Waals surface area (Å²) in [5.41, 5.74) is 3.97. The molecule has 5 rings (SSSR count). The SMILES string of the molecule is Cn1c(CN2CCCC(C(=O)Nc3ccc(-c4ccco4)cc3)C2)nc2ccccc21. The van der Waals surface area contributed by atoms with E-state index in [2.05, 4.69) is 27.9 Å². The monoisotopic (exact) mass is 414 g/mol. The molecule has 1 amide bonds. The van der Waals surface area contributed by atoms with E-state index in [1.165, 1.54) is 0 Å². The highest BCUT2D eigenvalue weighted by Gasteiger charge is 2.26. The molecule has 0 saturated carbocycles. The van der Waals surface area contributed by atoms with Crippen LogP contribution in [0.4, 0.5) is 5.69 Å². The van der Waals surface area contributed by atoms with Crippen molar-refractivity contribution >= 4 is 22.6 Å². The lowest BCUT2D eigenvalue weighted by Gasteiger charge is -2.31. The molecule has 0 bridgehead atoms. The summed E-state index contributed by atoms with van der Waals surface area (Å²) in [4.78, 5) is 20.0. The predicted molar refractivity (Wildman–Crippen MR) is 121 cm³/mol. The summed E-state index contributed by atoms with van der Waals surface area (Å²) in [5, 5.41) is 3.08. The molecule has 2 aromatic carbocycles. The number of likely N-dealkylation sites (tertiary alicyclic amines) is 1. The number of furan rings is 1. The first-order valence-electron chi connectivity index (χ1n) is 10.7. The smallest absolute Gasteiger partial charge is 0.228 e. The Bertz CT molecular complexity index is 1180. The van der Waals surface area contributed by atoms with Gasteiger partial charge in [0.05, 0.1) is 29.8 Å². The fraction of sp³-hybridized carbons (Fsp3) is 0.280. The molecule has 0 aliphatic carbocycles. The molecule has 4 aromatic rings.